The zero-order valence-corrected chi connectivity index (χ0v) is 34.6. The monoisotopic (exact) mass is 780 g/mol. The molecular formula is C45H68N2O9. The van der Waals surface area contributed by atoms with Crippen LogP contribution in [0.2, 0.25) is 0 Å². The molecule has 0 atom stereocenters. The number of esters is 2. The zero-order chi connectivity index (χ0) is 41.7. The molecule has 0 aromatic heterocycles. The fourth-order valence-corrected chi connectivity index (χ4v) is 5.56. The highest BCUT2D eigenvalue weighted by molar-refractivity contribution is 5.90. The van der Waals surface area contributed by atoms with E-state index in [1.54, 1.807) is 24.3 Å². The first-order chi connectivity index (χ1) is 26.7. The summed E-state index contributed by atoms with van der Waals surface area (Å²) in [6.07, 6.45) is 8.80. The molecule has 0 saturated heterocycles. The number of carboxylic acid groups (broad SMARTS) is 1. The van der Waals surface area contributed by atoms with Crippen LogP contribution in [0, 0.1) is 11.8 Å². The van der Waals surface area contributed by atoms with E-state index in [1.165, 1.54) is 87.3 Å². The van der Waals surface area contributed by atoms with Crippen LogP contribution < -0.4 is 0 Å². The van der Waals surface area contributed by atoms with Crippen molar-refractivity contribution in [1.29, 1.82) is 0 Å². The zero-order valence-electron chi connectivity index (χ0n) is 34.6. The van der Waals surface area contributed by atoms with Crippen molar-refractivity contribution in [2.45, 2.75) is 92.9 Å². The van der Waals surface area contributed by atoms with E-state index in [1.807, 2.05) is 0 Å². The molecule has 0 fully saturated rings. The first kappa shape index (κ1) is 49.4. The van der Waals surface area contributed by atoms with E-state index < -0.39 is 5.97 Å². The molecule has 0 bridgehead atoms. The molecule has 0 saturated carbocycles. The summed E-state index contributed by atoms with van der Waals surface area (Å²) < 4.78 is 10.5. The van der Waals surface area contributed by atoms with Gasteiger partial charge in [-0.15, -0.1) is 0 Å². The lowest BCUT2D eigenvalue weighted by atomic mass is 10.1. The first-order valence-electron chi connectivity index (χ1n) is 20.1. The molecule has 11 nitrogen and oxygen atoms in total. The molecule has 11 heteroatoms. The van der Waals surface area contributed by atoms with Gasteiger partial charge in [0.05, 0.1) is 29.9 Å². The number of benzene rings is 3. The fourth-order valence-electron chi connectivity index (χ4n) is 5.56. The van der Waals surface area contributed by atoms with E-state index in [0.717, 1.165) is 51.9 Å². The lowest BCUT2D eigenvalue weighted by Crippen LogP contribution is -2.32. The van der Waals surface area contributed by atoms with Crippen LogP contribution >= 0.6 is 0 Å². The molecule has 0 unspecified atom stereocenters. The number of nitrogens with zero attached hydrogens (tertiary/aromatic N) is 2. The topological polar surface area (TPSA) is 157 Å². The van der Waals surface area contributed by atoms with Gasteiger partial charge in [-0.25, -0.2) is 14.4 Å². The molecular weight excluding hydrogens is 713 g/mol. The van der Waals surface area contributed by atoms with Crippen LogP contribution in [0.3, 0.4) is 0 Å². The van der Waals surface area contributed by atoms with Crippen LogP contribution in [0.1, 0.15) is 124 Å². The lowest BCUT2D eigenvalue weighted by molar-refractivity contribution is 0.0485. The van der Waals surface area contributed by atoms with Crippen LogP contribution in [-0.4, -0.2) is 101 Å². The molecule has 0 radical (unpaired) electrons. The van der Waals surface area contributed by atoms with E-state index in [0.29, 0.717) is 36.2 Å². The van der Waals surface area contributed by atoms with Gasteiger partial charge in [-0.1, -0.05) is 54.4 Å². The van der Waals surface area contributed by atoms with Crippen LogP contribution in [0.15, 0.2) is 72.8 Å². The van der Waals surface area contributed by atoms with Gasteiger partial charge in [-0.2, -0.15) is 0 Å². The SMILES string of the molecule is CC(C)CN(CCCCOC(=O)c1ccc(O)cc1)CC(C)C.CCCCN(CCCC)CCCCOC(=O)c1ccc(O)cc1.O=C(O)c1ccc(O)cc1. The standard InChI is InChI=1S/2C19H31NO3.C7H6O3/c1-15(2)13-20(14-16(3)4)11-5-6-12-23-19(22)17-7-9-18(21)10-8-17;1-3-5-13-20(14-6-4-2)15-7-8-16-23-19(22)17-9-11-18(21)12-10-17;8-6-3-1-5(2-4-6)7(9)10/h7-10,15-16,21H,5-6,11-14H2,1-4H3;9-12,21H,3-8,13-16H2,1-2H3;1-4,8H,(H,9,10). The summed E-state index contributed by atoms with van der Waals surface area (Å²) in [5.74, 6) is 0.0786. The largest absolute Gasteiger partial charge is 0.508 e. The Morgan fingerprint density at radius 3 is 1.14 bits per heavy atom. The van der Waals surface area contributed by atoms with Crippen LogP contribution in [-0.2, 0) is 9.47 Å². The number of ether oxygens (including phenoxy) is 2. The van der Waals surface area contributed by atoms with E-state index in [2.05, 4.69) is 51.3 Å². The third-order valence-electron chi connectivity index (χ3n) is 8.43. The molecule has 56 heavy (non-hydrogen) atoms. The number of carbonyl (C=O) groups excluding carboxylic acids is 2. The maximum absolute atomic E-state index is 11.8. The number of rotatable bonds is 23. The predicted molar refractivity (Wildman–Crippen MR) is 223 cm³/mol. The van der Waals surface area contributed by atoms with Gasteiger partial charge in [0.25, 0.3) is 0 Å². The molecule has 0 aliphatic rings. The van der Waals surface area contributed by atoms with Crippen molar-refractivity contribution in [3.63, 3.8) is 0 Å². The molecule has 0 aliphatic carbocycles. The number of hydrogen-bond donors (Lipinski definition) is 4. The number of aromatic carboxylic acids is 1. The van der Waals surface area contributed by atoms with Gasteiger partial charge in [0.1, 0.15) is 17.2 Å². The van der Waals surface area contributed by atoms with E-state index >= 15 is 0 Å². The van der Waals surface area contributed by atoms with Crippen molar-refractivity contribution < 1.29 is 44.3 Å². The minimum Gasteiger partial charge on any atom is -0.508 e. The Morgan fingerprint density at radius 1 is 0.500 bits per heavy atom. The van der Waals surface area contributed by atoms with Crippen molar-refractivity contribution in [2.75, 3.05) is 52.5 Å². The molecule has 0 spiro atoms. The molecule has 0 amide bonds. The third kappa shape index (κ3) is 24.0. The maximum atomic E-state index is 11.8. The van der Waals surface area contributed by atoms with Crippen molar-refractivity contribution in [3.8, 4) is 17.2 Å². The highest BCUT2D eigenvalue weighted by Gasteiger charge is 2.11. The summed E-state index contributed by atoms with van der Waals surface area (Å²) in [6.45, 7) is 21.0. The molecule has 3 rings (SSSR count). The summed E-state index contributed by atoms with van der Waals surface area (Å²) >= 11 is 0. The summed E-state index contributed by atoms with van der Waals surface area (Å²) in [7, 11) is 0. The Labute approximate surface area is 335 Å². The lowest BCUT2D eigenvalue weighted by Gasteiger charge is -2.26. The average Bonchev–Trinajstić information content (AvgIpc) is 3.16. The number of phenolic OH excluding ortho intramolecular Hbond substituents is 3. The summed E-state index contributed by atoms with van der Waals surface area (Å²) in [5, 5.41) is 35.5. The van der Waals surface area contributed by atoms with Crippen molar-refractivity contribution in [1.82, 2.24) is 9.80 Å². The molecule has 0 heterocycles. The summed E-state index contributed by atoms with van der Waals surface area (Å²) in [4.78, 5) is 38.9. The molecule has 312 valence electrons. The normalized spacial score (nSPS) is 10.8. The van der Waals surface area contributed by atoms with Gasteiger partial charge in [-0.3, -0.25) is 0 Å². The number of aromatic hydroxyl groups is 3. The Balaban J connectivity index is 0.000000451. The van der Waals surface area contributed by atoms with Gasteiger partial charge in [0, 0.05) is 13.1 Å². The average molecular weight is 781 g/mol. The Hall–Kier alpha value is -4.61. The van der Waals surface area contributed by atoms with Crippen LogP contribution in [0.25, 0.3) is 0 Å². The first-order valence-corrected chi connectivity index (χ1v) is 20.1. The maximum Gasteiger partial charge on any atom is 0.338 e. The smallest absolute Gasteiger partial charge is 0.338 e. The van der Waals surface area contributed by atoms with Gasteiger partial charge < -0.3 is 39.7 Å². The second-order valence-corrected chi connectivity index (χ2v) is 14.7. The van der Waals surface area contributed by atoms with Gasteiger partial charge in [-0.05, 0) is 149 Å². The number of carbonyl (C=O) groups is 3. The van der Waals surface area contributed by atoms with Gasteiger partial charge >= 0.3 is 17.9 Å². The van der Waals surface area contributed by atoms with E-state index in [-0.39, 0.29) is 34.8 Å². The number of carboxylic acids is 1. The summed E-state index contributed by atoms with van der Waals surface area (Å²) in [6, 6.07) is 17.6. The minimum atomic E-state index is -0.986. The Bertz CT molecular complexity index is 1460. The van der Waals surface area contributed by atoms with Crippen LogP contribution in [0.5, 0.6) is 17.2 Å². The second-order valence-electron chi connectivity index (χ2n) is 14.7. The third-order valence-corrected chi connectivity index (χ3v) is 8.43. The molecule has 0 aliphatic heterocycles. The Morgan fingerprint density at radius 2 is 0.821 bits per heavy atom. The number of unbranched alkanes of at least 4 members (excludes halogenated alkanes) is 4. The molecule has 4 N–H and O–H groups in total. The quantitative estimate of drug-likeness (QED) is 0.0537. The second kappa shape index (κ2) is 29.6. The number of phenols is 3. The predicted octanol–water partition coefficient (Wildman–Crippen LogP) is 9.27. The fraction of sp³-hybridized carbons (Fsp3) is 0.533. The van der Waals surface area contributed by atoms with Gasteiger partial charge in [0.15, 0.2) is 0 Å². The minimum absolute atomic E-state index is 0.0741. The van der Waals surface area contributed by atoms with E-state index in [4.69, 9.17) is 19.7 Å². The van der Waals surface area contributed by atoms with Crippen molar-refractivity contribution >= 4 is 17.9 Å². The summed E-state index contributed by atoms with van der Waals surface area (Å²) in [5.41, 5.74) is 1.14. The molecule has 3 aromatic carbocycles. The van der Waals surface area contributed by atoms with Crippen LogP contribution in [0.4, 0.5) is 0 Å². The number of hydrogen-bond acceptors (Lipinski definition) is 10. The van der Waals surface area contributed by atoms with Crippen molar-refractivity contribution in [2.24, 2.45) is 11.8 Å². The highest BCUT2D eigenvalue weighted by atomic mass is 16.5. The van der Waals surface area contributed by atoms with E-state index in [9.17, 15) is 24.6 Å². The van der Waals surface area contributed by atoms with Gasteiger partial charge in [0.2, 0.25) is 0 Å². The van der Waals surface area contributed by atoms with Crippen molar-refractivity contribution in [3.05, 3.63) is 89.5 Å². The molecule has 3 aromatic rings. The Kier molecular flexibility index (Phi) is 26.2. The highest BCUT2D eigenvalue weighted by Crippen LogP contribution is 2.13.